The van der Waals surface area contributed by atoms with Crippen LogP contribution in [0.25, 0.3) is 0 Å². The molecule has 2 rings (SSSR count). The first-order valence-corrected chi connectivity index (χ1v) is 7.72. The highest BCUT2D eigenvalue weighted by Crippen LogP contribution is 2.20. The summed E-state index contributed by atoms with van der Waals surface area (Å²) in [5.41, 5.74) is 7.78. The van der Waals surface area contributed by atoms with E-state index in [0.29, 0.717) is 6.54 Å². The zero-order chi connectivity index (χ0) is 15.2. The molecule has 0 aliphatic heterocycles. The monoisotopic (exact) mass is 346 g/mol. The van der Waals surface area contributed by atoms with E-state index < -0.39 is 0 Å². The smallest absolute Gasteiger partial charge is 0.229 e. The predicted octanol–water partition coefficient (Wildman–Crippen LogP) is 3.37. The highest BCUT2D eigenvalue weighted by atomic mass is 79.9. The minimum Gasteiger partial charge on any atom is -0.349 e. The second-order valence-electron chi connectivity index (χ2n) is 4.98. The molecule has 0 saturated carbocycles. The highest BCUT2D eigenvalue weighted by molar-refractivity contribution is 9.10. The van der Waals surface area contributed by atoms with Gasteiger partial charge in [-0.15, -0.1) is 0 Å². The molecule has 0 aliphatic carbocycles. The summed E-state index contributed by atoms with van der Waals surface area (Å²) in [6, 6.07) is 17.5. The van der Waals surface area contributed by atoms with Gasteiger partial charge in [-0.1, -0.05) is 58.4 Å². The lowest BCUT2D eigenvalue weighted by Crippen LogP contribution is -2.35. The lowest BCUT2D eigenvalue weighted by atomic mass is 9.97. The Morgan fingerprint density at radius 3 is 2.43 bits per heavy atom. The van der Waals surface area contributed by atoms with E-state index in [2.05, 4.69) is 21.2 Å². The summed E-state index contributed by atoms with van der Waals surface area (Å²) in [6.07, 6.45) is 0. The Labute approximate surface area is 133 Å². The lowest BCUT2D eigenvalue weighted by molar-refractivity contribution is -0.123. The number of hydrogen-bond donors (Lipinski definition) is 2. The number of nitrogens with one attached hydrogen (secondary N) is 1. The molecule has 0 heterocycles. The number of halogens is 1. The Kier molecular flexibility index (Phi) is 5.53. The van der Waals surface area contributed by atoms with Gasteiger partial charge >= 0.3 is 0 Å². The van der Waals surface area contributed by atoms with E-state index in [4.69, 9.17) is 5.73 Å². The van der Waals surface area contributed by atoms with Gasteiger partial charge < -0.3 is 11.1 Å². The number of amides is 1. The number of nitrogens with two attached hydrogens (primary N) is 1. The summed E-state index contributed by atoms with van der Waals surface area (Å²) in [6.45, 7) is 2.26. The minimum absolute atomic E-state index is 0.0452. The zero-order valence-corrected chi connectivity index (χ0v) is 13.5. The van der Waals surface area contributed by atoms with Crippen molar-refractivity contribution in [1.29, 1.82) is 0 Å². The van der Waals surface area contributed by atoms with Gasteiger partial charge in [0.1, 0.15) is 0 Å². The van der Waals surface area contributed by atoms with Crippen molar-refractivity contribution in [1.82, 2.24) is 5.32 Å². The van der Waals surface area contributed by atoms with E-state index in [9.17, 15) is 4.79 Å². The zero-order valence-electron chi connectivity index (χ0n) is 11.9. The van der Waals surface area contributed by atoms with Gasteiger partial charge in [-0.05, 0) is 30.2 Å². The van der Waals surface area contributed by atoms with Gasteiger partial charge in [0.05, 0.1) is 12.0 Å². The molecule has 0 aliphatic rings. The van der Waals surface area contributed by atoms with Gasteiger partial charge in [-0.2, -0.15) is 0 Å². The Morgan fingerprint density at radius 2 is 1.81 bits per heavy atom. The van der Waals surface area contributed by atoms with Crippen LogP contribution in [-0.2, 0) is 4.79 Å². The predicted molar refractivity (Wildman–Crippen MR) is 88.9 cm³/mol. The van der Waals surface area contributed by atoms with E-state index >= 15 is 0 Å². The summed E-state index contributed by atoms with van der Waals surface area (Å²) in [5.74, 6) is -0.364. The van der Waals surface area contributed by atoms with Crippen molar-refractivity contribution in [2.75, 3.05) is 6.54 Å². The molecule has 0 saturated heterocycles. The molecule has 2 unspecified atom stereocenters. The van der Waals surface area contributed by atoms with Crippen LogP contribution in [0.2, 0.25) is 0 Å². The molecule has 3 N–H and O–H groups in total. The molecule has 21 heavy (non-hydrogen) atoms. The molecule has 4 heteroatoms. The fourth-order valence-corrected chi connectivity index (χ4v) is 2.67. The molecule has 110 valence electrons. The van der Waals surface area contributed by atoms with Crippen LogP contribution in [0, 0.1) is 0 Å². The van der Waals surface area contributed by atoms with Crippen LogP contribution in [0.15, 0.2) is 59.1 Å². The molecule has 0 aromatic heterocycles. The van der Waals surface area contributed by atoms with Crippen LogP contribution in [-0.4, -0.2) is 12.5 Å². The lowest BCUT2D eigenvalue weighted by Gasteiger charge is -2.20. The number of rotatable bonds is 5. The van der Waals surface area contributed by atoms with E-state index in [-0.39, 0.29) is 17.9 Å². The Hall–Kier alpha value is -1.65. The maximum atomic E-state index is 12.4. The first kappa shape index (κ1) is 15.7. The van der Waals surface area contributed by atoms with Gasteiger partial charge in [0.15, 0.2) is 0 Å². The number of carbonyl (C=O) groups is 1. The van der Waals surface area contributed by atoms with E-state index in [0.717, 1.165) is 15.6 Å². The maximum Gasteiger partial charge on any atom is 0.229 e. The largest absolute Gasteiger partial charge is 0.349 e. The van der Waals surface area contributed by atoms with Crippen LogP contribution < -0.4 is 11.1 Å². The van der Waals surface area contributed by atoms with Crippen molar-refractivity contribution in [3.05, 3.63) is 70.2 Å². The van der Waals surface area contributed by atoms with Crippen molar-refractivity contribution < 1.29 is 4.79 Å². The topological polar surface area (TPSA) is 55.1 Å². The van der Waals surface area contributed by atoms with Crippen molar-refractivity contribution in [2.24, 2.45) is 5.73 Å². The maximum absolute atomic E-state index is 12.4. The average Bonchev–Trinajstić information content (AvgIpc) is 2.49. The molecule has 0 bridgehead atoms. The van der Waals surface area contributed by atoms with Crippen LogP contribution in [0.1, 0.15) is 30.0 Å². The summed E-state index contributed by atoms with van der Waals surface area (Å²) in [4.78, 5) is 12.4. The van der Waals surface area contributed by atoms with Crippen LogP contribution >= 0.6 is 15.9 Å². The van der Waals surface area contributed by atoms with E-state index in [1.54, 1.807) is 0 Å². The molecule has 2 aromatic carbocycles. The molecule has 2 aromatic rings. The number of benzene rings is 2. The van der Waals surface area contributed by atoms with Crippen LogP contribution in [0.3, 0.4) is 0 Å². The first-order valence-electron chi connectivity index (χ1n) is 6.92. The Bertz CT molecular complexity index is 601. The van der Waals surface area contributed by atoms with Crippen molar-refractivity contribution in [3.8, 4) is 0 Å². The van der Waals surface area contributed by atoms with E-state index in [1.807, 2.05) is 61.5 Å². The number of carbonyl (C=O) groups excluding carboxylic acids is 1. The number of hydrogen-bond acceptors (Lipinski definition) is 2. The Balaban J connectivity index is 2.09. The molecule has 3 nitrogen and oxygen atoms in total. The van der Waals surface area contributed by atoms with Crippen LogP contribution in [0.5, 0.6) is 0 Å². The summed E-state index contributed by atoms with van der Waals surface area (Å²) < 4.78 is 1.000. The molecule has 0 fully saturated rings. The normalized spacial score (nSPS) is 13.5. The highest BCUT2D eigenvalue weighted by Gasteiger charge is 2.20. The second kappa shape index (κ2) is 7.38. The minimum atomic E-state index is -0.319. The van der Waals surface area contributed by atoms with Crippen molar-refractivity contribution in [2.45, 2.75) is 18.9 Å². The average molecular weight is 347 g/mol. The van der Waals surface area contributed by atoms with E-state index in [1.165, 1.54) is 0 Å². The summed E-state index contributed by atoms with van der Waals surface area (Å²) >= 11 is 3.44. The SMILES string of the molecule is CC(NC(=O)C(CN)c1ccccc1)c1cccc(Br)c1. The quantitative estimate of drug-likeness (QED) is 0.871. The third-order valence-electron chi connectivity index (χ3n) is 3.46. The van der Waals surface area contributed by atoms with Crippen molar-refractivity contribution >= 4 is 21.8 Å². The molecule has 0 radical (unpaired) electrons. The molecular formula is C17H19BrN2O. The molecule has 2 atom stereocenters. The molecule has 1 amide bonds. The Morgan fingerprint density at radius 1 is 1.14 bits per heavy atom. The van der Waals surface area contributed by atoms with Crippen LogP contribution in [0.4, 0.5) is 0 Å². The first-order chi connectivity index (χ1) is 10.1. The van der Waals surface area contributed by atoms with Crippen molar-refractivity contribution in [3.63, 3.8) is 0 Å². The molecule has 0 spiro atoms. The fourth-order valence-electron chi connectivity index (χ4n) is 2.25. The fraction of sp³-hybridized carbons (Fsp3) is 0.235. The third-order valence-corrected chi connectivity index (χ3v) is 3.95. The molecular weight excluding hydrogens is 328 g/mol. The summed E-state index contributed by atoms with van der Waals surface area (Å²) in [7, 11) is 0. The summed E-state index contributed by atoms with van der Waals surface area (Å²) in [5, 5.41) is 3.03. The van der Waals surface area contributed by atoms with Gasteiger partial charge in [-0.25, -0.2) is 0 Å². The third kappa shape index (κ3) is 4.16. The van der Waals surface area contributed by atoms with Gasteiger partial charge in [0.25, 0.3) is 0 Å². The van der Waals surface area contributed by atoms with Gasteiger partial charge in [0.2, 0.25) is 5.91 Å². The van der Waals surface area contributed by atoms with Gasteiger partial charge in [-0.3, -0.25) is 4.79 Å². The van der Waals surface area contributed by atoms with Gasteiger partial charge in [0, 0.05) is 11.0 Å². The second-order valence-corrected chi connectivity index (χ2v) is 5.90. The standard InChI is InChI=1S/C17H19BrN2O/c1-12(14-8-5-9-15(18)10-14)20-17(21)16(11-19)13-6-3-2-4-7-13/h2-10,12,16H,11,19H2,1H3,(H,20,21).